The van der Waals surface area contributed by atoms with E-state index in [4.69, 9.17) is 21.1 Å². The van der Waals surface area contributed by atoms with Crippen molar-refractivity contribution in [1.29, 1.82) is 0 Å². The molecule has 0 fully saturated rings. The standard InChI is InChI=1S/C29H27ClN4O5S/c1-15(2)39-28(37)24-17(4)31-29-33(25(24)21-13-18(30)11-12-22(21)38-5)27(36)23(40-29)14-20-16(3)32-34(26(20)35)19-9-7-6-8-10-19/h6-15,20,25H,1-5H3/b23-14-/t20-,25+/m1/s1. The van der Waals surface area contributed by atoms with Crippen LogP contribution in [-0.4, -0.2) is 35.4 Å². The van der Waals surface area contributed by atoms with Crippen LogP contribution in [0.2, 0.25) is 5.02 Å². The van der Waals surface area contributed by atoms with Gasteiger partial charge in [-0.1, -0.05) is 41.1 Å². The molecular weight excluding hydrogens is 552 g/mol. The first-order chi connectivity index (χ1) is 19.1. The summed E-state index contributed by atoms with van der Waals surface area (Å²) in [4.78, 5) is 45.7. The summed E-state index contributed by atoms with van der Waals surface area (Å²) in [5.74, 6) is -1.14. The molecule has 1 aromatic heterocycles. The first kappa shape index (κ1) is 27.5. The summed E-state index contributed by atoms with van der Waals surface area (Å²) in [6.07, 6.45) is 1.23. The van der Waals surface area contributed by atoms with Crippen LogP contribution in [0.3, 0.4) is 0 Å². The second-order valence-corrected chi connectivity index (χ2v) is 11.1. The number of ether oxygens (including phenoxy) is 2. The predicted molar refractivity (Wildman–Crippen MR) is 154 cm³/mol. The summed E-state index contributed by atoms with van der Waals surface area (Å²) in [5.41, 5.74) is 1.93. The van der Waals surface area contributed by atoms with E-state index < -0.39 is 23.5 Å². The Hall–Kier alpha value is -4.02. The van der Waals surface area contributed by atoms with E-state index in [2.05, 4.69) is 10.1 Å². The highest BCUT2D eigenvalue weighted by Crippen LogP contribution is 2.37. The topological polar surface area (TPSA) is 103 Å². The van der Waals surface area contributed by atoms with Gasteiger partial charge < -0.3 is 9.47 Å². The minimum atomic E-state index is -0.909. The number of hydrogen-bond donors (Lipinski definition) is 0. The Morgan fingerprint density at radius 1 is 1.12 bits per heavy atom. The average Bonchev–Trinajstić information content (AvgIpc) is 3.38. The lowest BCUT2D eigenvalue weighted by Gasteiger charge is -2.26. The molecule has 2 aliphatic heterocycles. The van der Waals surface area contributed by atoms with Crippen LogP contribution in [0.5, 0.6) is 5.75 Å². The number of aromatic nitrogens is 1. The number of rotatable bonds is 6. The number of allylic oxidation sites excluding steroid dienone is 1. The zero-order valence-electron chi connectivity index (χ0n) is 22.5. The van der Waals surface area contributed by atoms with Crippen molar-refractivity contribution in [2.24, 2.45) is 16.0 Å². The van der Waals surface area contributed by atoms with E-state index in [0.29, 0.717) is 42.8 Å². The fraction of sp³-hybridized carbons (Fsp3) is 0.276. The molecule has 2 aliphatic rings. The highest BCUT2D eigenvalue weighted by atomic mass is 35.5. The molecule has 5 rings (SSSR count). The lowest BCUT2D eigenvalue weighted by Crippen LogP contribution is -2.40. The number of hydrogen-bond acceptors (Lipinski definition) is 8. The van der Waals surface area contributed by atoms with E-state index >= 15 is 0 Å². The van der Waals surface area contributed by atoms with Gasteiger partial charge in [-0.25, -0.2) is 9.79 Å². The maximum atomic E-state index is 14.0. The Labute approximate surface area is 239 Å². The zero-order chi connectivity index (χ0) is 28.7. The number of carbonyl (C=O) groups excluding carboxylic acids is 2. The maximum Gasteiger partial charge on any atom is 0.338 e. The summed E-state index contributed by atoms with van der Waals surface area (Å²) < 4.78 is 12.9. The summed E-state index contributed by atoms with van der Waals surface area (Å²) >= 11 is 7.51. The minimum absolute atomic E-state index is 0.207. The molecule has 206 valence electrons. The van der Waals surface area contributed by atoms with Gasteiger partial charge in [0.05, 0.1) is 40.4 Å². The number of halogens is 1. The first-order valence-electron chi connectivity index (χ1n) is 12.6. The third-order valence-corrected chi connectivity index (χ3v) is 7.81. The Bertz CT molecular complexity index is 1760. The number of hydrazone groups is 1. The smallest absolute Gasteiger partial charge is 0.338 e. The van der Waals surface area contributed by atoms with Crippen LogP contribution in [0.25, 0.3) is 6.08 Å². The normalized spacial score (nSPS) is 19.1. The van der Waals surface area contributed by atoms with Gasteiger partial charge in [-0.05, 0) is 64.1 Å². The van der Waals surface area contributed by atoms with Gasteiger partial charge >= 0.3 is 5.97 Å². The molecular formula is C29H27ClN4O5S. The van der Waals surface area contributed by atoms with Crippen LogP contribution >= 0.6 is 22.9 Å². The third-order valence-electron chi connectivity index (χ3n) is 6.57. The highest BCUT2D eigenvalue weighted by Gasteiger charge is 2.37. The quantitative estimate of drug-likeness (QED) is 0.414. The monoisotopic (exact) mass is 578 g/mol. The van der Waals surface area contributed by atoms with E-state index in [0.717, 1.165) is 11.3 Å². The van der Waals surface area contributed by atoms with Crippen molar-refractivity contribution >= 4 is 52.3 Å². The van der Waals surface area contributed by atoms with E-state index in [9.17, 15) is 14.4 Å². The maximum absolute atomic E-state index is 14.0. The van der Waals surface area contributed by atoms with Gasteiger partial charge in [-0.2, -0.15) is 10.1 Å². The van der Waals surface area contributed by atoms with Crippen molar-refractivity contribution in [3.8, 4) is 5.75 Å². The zero-order valence-corrected chi connectivity index (χ0v) is 24.1. The van der Waals surface area contributed by atoms with Crippen molar-refractivity contribution in [3.63, 3.8) is 0 Å². The third kappa shape index (κ3) is 4.89. The molecule has 3 aromatic rings. The lowest BCUT2D eigenvalue weighted by molar-refractivity contribution is -0.143. The molecule has 2 aromatic carbocycles. The summed E-state index contributed by atoms with van der Waals surface area (Å²) in [6, 6.07) is 13.2. The second-order valence-electron chi connectivity index (χ2n) is 9.65. The fourth-order valence-electron chi connectivity index (χ4n) is 4.76. The highest BCUT2D eigenvalue weighted by molar-refractivity contribution is 7.07. The molecule has 0 aliphatic carbocycles. The van der Waals surface area contributed by atoms with Crippen LogP contribution in [0.4, 0.5) is 5.69 Å². The predicted octanol–water partition coefficient (Wildman–Crippen LogP) is 3.84. The molecule has 0 saturated heterocycles. The number of thiazole rings is 1. The molecule has 0 spiro atoms. The Balaban J connectivity index is 1.67. The number of methoxy groups -OCH3 is 1. The van der Waals surface area contributed by atoms with Crippen molar-refractivity contribution in [1.82, 2.24) is 4.57 Å². The van der Waals surface area contributed by atoms with E-state index in [1.807, 2.05) is 18.2 Å². The summed E-state index contributed by atoms with van der Waals surface area (Å²) in [6.45, 7) is 6.95. The number of amides is 1. The fourth-order valence-corrected chi connectivity index (χ4v) is 6.00. The van der Waals surface area contributed by atoms with Crippen molar-refractivity contribution in [2.75, 3.05) is 12.1 Å². The molecule has 0 radical (unpaired) electrons. The average molecular weight is 579 g/mol. The van der Waals surface area contributed by atoms with Crippen LogP contribution in [0, 0.1) is 5.92 Å². The molecule has 2 atom stereocenters. The molecule has 1 amide bonds. The van der Waals surface area contributed by atoms with Crippen molar-refractivity contribution in [3.05, 3.63) is 90.1 Å². The molecule has 0 bridgehead atoms. The van der Waals surface area contributed by atoms with Gasteiger partial charge in [-0.3, -0.25) is 14.2 Å². The summed E-state index contributed by atoms with van der Waals surface area (Å²) in [5, 5.41) is 6.19. The molecule has 0 N–H and O–H groups in total. The molecule has 11 heteroatoms. The van der Waals surface area contributed by atoms with Gasteiger partial charge in [0.15, 0.2) is 4.80 Å². The number of fused-ring (bicyclic) bond motifs is 1. The van der Waals surface area contributed by atoms with E-state index in [-0.39, 0.29) is 17.6 Å². The number of anilines is 1. The Morgan fingerprint density at radius 2 is 1.85 bits per heavy atom. The molecule has 3 heterocycles. The minimum Gasteiger partial charge on any atom is -0.496 e. The van der Waals surface area contributed by atoms with Crippen molar-refractivity contribution < 1.29 is 19.1 Å². The number of benzene rings is 2. The lowest BCUT2D eigenvalue weighted by atomic mass is 9.95. The molecule has 0 unspecified atom stereocenters. The first-order valence-corrected chi connectivity index (χ1v) is 13.8. The SMILES string of the molecule is COc1ccc(Cl)cc1[C@H]1C(C(=O)OC(C)C)=C(C)N=c2s/c(=C\[C@H]3C(=O)N(c4ccccc4)N=C3C)c(=O)n21. The van der Waals surface area contributed by atoms with E-state index in [1.165, 1.54) is 16.7 Å². The summed E-state index contributed by atoms with van der Waals surface area (Å²) in [7, 11) is 1.51. The van der Waals surface area contributed by atoms with Crippen LogP contribution in [0.1, 0.15) is 39.3 Å². The van der Waals surface area contributed by atoms with E-state index in [1.54, 1.807) is 64.1 Å². The van der Waals surface area contributed by atoms with Crippen LogP contribution < -0.4 is 24.6 Å². The second kappa shape index (κ2) is 10.9. The largest absolute Gasteiger partial charge is 0.496 e. The molecule has 0 saturated carbocycles. The van der Waals surface area contributed by atoms with Gasteiger partial charge in [0.25, 0.3) is 11.5 Å². The van der Waals surface area contributed by atoms with Gasteiger partial charge in [0, 0.05) is 10.6 Å². The Morgan fingerprint density at radius 3 is 2.52 bits per heavy atom. The Kier molecular flexibility index (Phi) is 7.48. The van der Waals surface area contributed by atoms with Gasteiger partial charge in [0.2, 0.25) is 0 Å². The number of para-hydroxylation sites is 1. The number of carbonyl (C=O) groups is 2. The van der Waals surface area contributed by atoms with Gasteiger partial charge in [0.1, 0.15) is 17.7 Å². The molecule has 9 nitrogen and oxygen atoms in total. The van der Waals surface area contributed by atoms with Crippen LogP contribution in [0.15, 0.2) is 74.7 Å². The van der Waals surface area contributed by atoms with Crippen molar-refractivity contribution in [2.45, 2.75) is 39.8 Å². The van der Waals surface area contributed by atoms with Gasteiger partial charge in [-0.15, -0.1) is 0 Å². The number of esters is 1. The van der Waals surface area contributed by atoms with Crippen LogP contribution in [-0.2, 0) is 14.3 Å². The number of nitrogens with zero attached hydrogens (tertiary/aromatic N) is 4. The molecule has 40 heavy (non-hydrogen) atoms.